The molecule has 1 unspecified atom stereocenters. The van der Waals surface area contributed by atoms with E-state index in [-0.39, 0.29) is 24.0 Å². The van der Waals surface area contributed by atoms with Crippen molar-refractivity contribution in [3.05, 3.63) is 29.3 Å². The Morgan fingerprint density at radius 2 is 2.16 bits per heavy atom. The van der Waals surface area contributed by atoms with Gasteiger partial charge in [0.2, 0.25) is 0 Å². The van der Waals surface area contributed by atoms with Gasteiger partial charge in [-0.2, -0.15) is 0 Å². The summed E-state index contributed by atoms with van der Waals surface area (Å²) in [6.45, 7) is 9.00. The van der Waals surface area contributed by atoms with Crippen molar-refractivity contribution >= 4 is 29.9 Å². The van der Waals surface area contributed by atoms with Gasteiger partial charge in [-0.15, -0.1) is 24.0 Å². The normalized spacial score (nSPS) is 18.4. The van der Waals surface area contributed by atoms with E-state index in [9.17, 15) is 0 Å². The average molecular weight is 460 g/mol. The van der Waals surface area contributed by atoms with Gasteiger partial charge in [0.15, 0.2) is 5.96 Å². The molecule has 1 aliphatic rings. The molecular formula is C19H33IN4O. The number of halogens is 1. The van der Waals surface area contributed by atoms with Gasteiger partial charge in [-0.1, -0.05) is 12.1 Å². The van der Waals surface area contributed by atoms with Crippen LogP contribution < -0.4 is 15.4 Å². The van der Waals surface area contributed by atoms with Crippen molar-refractivity contribution < 1.29 is 4.74 Å². The smallest absolute Gasteiger partial charge is 0.191 e. The zero-order chi connectivity index (χ0) is 17.4. The highest BCUT2D eigenvalue weighted by molar-refractivity contribution is 14.0. The van der Waals surface area contributed by atoms with Crippen molar-refractivity contribution in [3.8, 4) is 5.75 Å². The van der Waals surface area contributed by atoms with Crippen molar-refractivity contribution in [2.24, 2.45) is 10.9 Å². The number of benzene rings is 1. The molecular weight excluding hydrogens is 427 g/mol. The molecule has 0 amide bonds. The van der Waals surface area contributed by atoms with Crippen molar-refractivity contribution in [2.75, 3.05) is 40.3 Å². The standard InChI is InChI=1S/C19H32N4O.HI/c1-5-20-19(21-12-16-7-6-10-23(3)14-16)22-13-17-9-8-15(2)11-18(17)24-4;/h8-9,11,16H,5-7,10,12-14H2,1-4H3,(H2,20,21,22);1H. The molecule has 0 aromatic heterocycles. The van der Waals surface area contributed by atoms with Gasteiger partial charge in [0.05, 0.1) is 13.7 Å². The predicted octanol–water partition coefficient (Wildman–Crippen LogP) is 3.02. The number of methoxy groups -OCH3 is 1. The molecule has 1 aliphatic heterocycles. The molecule has 1 aromatic carbocycles. The molecule has 1 heterocycles. The molecule has 0 bridgehead atoms. The Morgan fingerprint density at radius 1 is 1.36 bits per heavy atom. The molecule has 2 N–H and O–H groups in total. The number of nitrogens with one attached hydrogen (secondary N) is 2. The molecule has 6 heteroatoms. The Hall–Kier alpha value is -1.02. The second-order valence-corrected chi connectivity index (χ2v) is 6.66. The van der Waals surface area contributed by atoms with Gasteiger partial charge in [-0.05, 0) is 57.8 Å². The van der Waals surface area contributed by atoms with Crippen LogP contribution in [0.3, 0.4) is 0 Å². The highest BCUT2D eigenvalue weighted by atomic mass is 127. The second kappa shape index (κ2) is 11.6. The Bertz CT molecular complexity index is 550. The van der Waals surface area contributed by atoms with E-state index in [0.717, 1.165) is 36.9 Å². The van der Waals surface area contributed by atoms with E-state index in [4.69, 9.17) is 9.73 Å². The lowest BCUT2D eigenvalue weighted by Gasteiger charge is -2.30. The van der Waals surface area contributed by atoms with Crippen molar-refractivity contribution in [1.29, 1.82) is 0 Å². The number of nitrogens with zero attached hydrogens (tertiary/aromatic N) is 2. The first-order valence-corrected chi connectivity index (χ1v) is 8.96. The van der Waals surface area contributed by atoms with Crippen molar-refractivity contribution in [2.45, 2.75) is 33.2 Å². The summed E-state index contributed by atoms with van der Waals surface area (Å²) in [4.78, 5) is 7.14. The van der Waals surface area contributed by atoms with E-state index in [1.807, 2.05) is 0 Å². The summed E-state index contributed by atoms with van der Waals surface area (Å²) in [6, 6.07) is 6.26. The topological polar surface area (TPSA) is 48.9 Å². The highest BCUT2D eigenvalue weighted by Gasteiger charge is 2.17. The number of guanidine groups is 1. The van der Waals surface area contributed by atoms with Gasteiger partial charge in [0.1, 0.15) is 5.75 Å². The van der Waals surface area contributed by atoms with Crippen LogP contribution in [0.25, 0.3) is 0 Å². The lowest BCUT2D eigenvalue weighted by molar-refractivity contribution is 0.210. The number of aryl methyl sites for hydroxylation is 1. The van der Waals surface area contributed by atoms with Crippen LogP contribution in [0.5, 0.6) is 5.75 Å². The number of ether oxygens (including phenoxy) is 1. The summed E-state index contributed by atoms with van der Waals surface area (Å²) in [6.07, 6.45) is 2.58. The minimum Gasteiger partial charge on any atom is -0.496 e. The fourth-order valence-corrected chi connectivity index (χ4v) is 3.17. The maximum Gasteiger partial charge on any atom is 0.191 e. The van der Waals surface area contributed by atoms with Crippen LogP contribution in [0.4, 0.5) is 0 Å². The van der Waals surface area contributed by atoms with Gasteiger partial charge in [-0.3, -0.25) is 0 Å². The Labute approximate surface area is 169 Å². The fraction of sp³-hybridized carbons (Fsp3) is 0.632. The first kappa shape index (κ1) is 22.0. The number of rotatable bonds is 6. The molecule has 5 nitrogen and oxygen atoms in total. The minimum atomic E-state index is 0. The van der Waals surface area contributed by atoms with Crippen LogP contribution in [0.2, 0.25) is 0 Å². The Morgan fingerprint density at radius 3 is 2.84 bits per heavy atom. The molecule has 142 valence electrons. The van der Waals surface area contributed by atoms with Crippen LogP contribution in [0, 0.1) is 12.8 Å². The molecule has 0 aliphatic carbocycles. The lowest BCUT2D eigenvalue weighted by Crippen LogP contribution is -2.43. The summed E-state index contributed by atoms with van der Waals surface area (Å²) < 4.78 is 5.47. The number of piperidine rings is 1. The molecule has 1 fully saturated rings. The van der Waals surface area contributed by atoms with E-state index < -0.39 is 0 Å². The fourth-order valence-electron chi connectivity index (χ4n) is 3.17. The molecule has 0 radical (unpaired) electrons. The quantitative estimate of drug-likeness (QED) is 0.390. The van der Waals surface area contributed by atoms with Gasteiger partial charge in [0, 0.05) is 25.2 Å². The minimum absolute atomic E-state index is 0. The third kappa shape index (κ3) is 7.40. The van der Waals surface area contributed by atoms with Crippen LogP contribution in [0.1, 0.15) is 30.9 Å². The Balaban J connectivity index is 0.00000312. The predicted molar refractivity (Wildman–Crippen MR) is 116 cm³/mol. The van der Waals surface area contributed by atoms with E-state index in [2.05, 4.69) is 54.6 Å². The van der Waals surface area contributed by atoms with Gasteiger partial charge in [0.25, 0.3) is 0 Å². The first-order chi connectivity index (χ1) is 11.6. The number of hydrogen-bond donors (Lipinski definition) is 2. The molecule has 1 aromatic rings. The largest absolute Gasteiger partial charge is 0.496 e. The van der Waals surface area contributed by atoms with Crippen LogP contribution in [-0.4, -0.2) is 51.2 Å². The first-order valence-electron chi connectivity index (χ1n) is 8.96. The molecule has 1 saturated heterocycles. The van der Waals surface area contributed by atoms with Gasteiger partial charge >= 0.3 is 0 Å². The van der Waals surface area contributed by atoms with Crippen LogP contribution >= 0.6 is 24.0 Å². The van der Waals surface area contributed by atoms with Gasteiger partial charge < -0.3 is 20.3 Å². The van der Waals surface area contributed by atoms with E-state index in [0.29, 0.717) is 12.5 Å². The van der Waals surface area contributed by atoms with Gasteiger partial charge in [-0.25, -0.2) is 4.99 Å². The average Bonchev–Trinajstić information content (AvgIpc) is 2.58. The monoisotopic (exact) mass is 460 g/mol. The molecule has 0 spiro atoms. The van der Waals surface area contributed by atoms with Crippen LogP contribution in [0.15, 0.2) is 23.2 Å². The number of aliphatic imine (C=N–C) groups is 1. The molecule has 0 saturated carbocycles. The Kier molecular flexibility index (Phi) is 10.2. The summed E-state index contributed by atoms with van der Waals surface area (Å²) in [5.41, 5.74) is 2.31. The van der Waals surface area contributed by atoms with Crippen molar-refractivity contribution in [3.63, 3.8) is 0 Å². The third-order valence-corrected chi connectivity index (χ3v) is 4.47. The molecule has 1 atom stereocenters. The lowest BCUT2D eigenvalue weighted by atomic mass is 9.99. The summed E-state index contributed by atoms with van der Waals surface area (Å²) >= 11 is 0. The maximum atomic E-state index is 5.47. The van der Waals surface area contributed by atoms with Crippen molar-refractivity contribution in [1.82, 2.24) is 15.5 Å². The summed E-state index contributed by atoms with van der Waals surface area (Å²) in [5.74, 6) is 2.48. The zero-order valence-electron chi connectivity index (χ0n) is 16.0. The number of hydrogen-bond acceptors (Lipinski definition) is 3. The third-order valence-electron chi connectivity index (χ3n) is 4.47. The van der Waals surface area contributed by atoms with E-state index in [1.54, 1.807) is 7.11 Å². The van der Waals surface area contributed by atoms with Crippen LogP contribution in [-0.2, 0) is 6.54 Å². The second-order valence-electron chi connectivity index (χ2n) is 6.66. The van der Waals surface area contributed by atoms with E-state index in [1.165, 1.54) is 24.9 Å². The SMILES string of the molecule is CCNC(=NCc1ccc(C)cc1OC)NCC1CCCN(C)C1.I. The number of likely N-dealkylation sites (tertiary alicyclic amines) is 1. The zero-order valence-corrected chi connectivity index (χ0v) is 18.3. The summed E-state index contributed by atoms with van der Waals surface area (Å²) in [5, 5.41) is 6.84. The van der Waals surface area contributed by atoms with E-state index >= 15 is 0 Å². The highest BCUT2D eigenvalue weighted by Crippen LogP contribution is 2.20. The maximum absolute atomic E-state index is 5.47. The molecule has 25 heavy (non-hydrogen) atoms. The molecule has 2 rings (SSSR count). The summed E-state index contributed by atoms with van der Waals surface area (Å²) in [7, 11) is 3.92.